The summed E-state index contributed by atoms with van der Waals surface area (Å²) in [6.07, 6.45) is 3.03. The first kappa shape index (κ1) is 20.1. The summed E-state index contributed by atoms with van der Waals surface area (Å²) in [6.45, 7) is 8.59. The van der Waals surface area contributed by atoms with Gasteiger partial charge in [-0.05, 0) is 24.1 Å². The lowest BCUT2D eigenvalue weighted by molar-refractivity contribution is -0.135. The van der Waals surface area contributed by atoms with Crippen LogP contribution in [-0.2, 0) is 16.1 Å². The number of rotatable bonds is 8. The van der Waals surface area contributed by atoms with Gasteiger partial charge in [-0.1, -0.05) is 52.7 Å². The maximum absolute atomic E-state index is 13.0. The van der Waals surface area contributed by atoms with Crippen LogP contribution in [-0.4, -0.2) is 29.8 Å². The smallest absolute Gasteiger partial charge is 0.242 e. The number of unbranched alkanes of at least 4 members (excludes halogenated alkanes) is 2. The average Bonchev–Trinajstić information content (AvgIpc) is 2.52. The standard InChI is InChI=1S/C19H29FN2O2/c1-5-6-7-12-22(14-15-8-10-16(20)11-9-15)17(23)13-21-18(24)19(2,3)4/h8-11H,5-7,12-14H2,1-4H3,(H,21,24). The van der Waals surface area contributed by atoms with Crippen LogP contribution in [0.5, 0.6) is 0 Å². The molecular weight excluding hydrogens is 307 g/mol. The summed E-state index contributed by atoms with van der Waals surface area (Å²) in [4.78, 5) is 26.1. The van der Waals surface area contributed by atoms with Crippen molar-refractivity contribution in [3.63, 3.8) is 0 Å². The average molecular weight is 336 g/mol. The fourth-order valence-corrected chi connectivity index (χ4v) is 2.19. The lowest BCUT2D eigenvalue weighted by Gasteiger charge is -2.24. The maximum Gasteiger partial charge on any atom is 0.242 e. The van der Waals surface area contributed by atoms with Crippen LogP contribution >= 0.6 is 0 Å². The molecule has 0 spiro atoms. The van der Waals surface area contributed by atoms with Crippen molar-refractivity contribution in [3.8, 4) is 0 Å². The molecule has 0 aliphatic carbocycles. The van der Waals surface area contributed by atoms with E-state index in [-0.39, 0.29) is 24.2 Å². The number of halogens is 1. The summed E-state index contributed by atoms with van der Waals surface area (Å²) in [6, 6.07) is 6.16. The predicted molar refractivity (Wildman–Crippen MR) is 93.8 cm³/mol. The number of amides is 2. The molecule has 24 heavy (non-hydrogen) atoms. The molecule has 0 aliphatic rings. The molecular formula is C19H29FN2O2. The molecule has 0 unspecified atom stereocenters. The zero-order valence-electron chi connectivity index (χ0n) is 15.2. The largest absolute Gasteiger partial charge is 0.347 e. The Morgan fingerprint density at radius 1 is 1.12 bits per heavy atom. The molecule has 1 N–H and O–H groups in total. The van der Waals surface area contributed by atoms with Crippen molar-refractivity contribution < 1.29 is 14.0 Å². The van der Waals surface area contributed by atoms with Crippen LogP contribution in [0.1, 0.15) is 52.5 Å². The summed E-state index contributed by atoms with van der Waals surface area (Å²) in [7, 11) is 0. The van der Waals surface area contributed by atoms with E-state index in [1.54, 1.807) is 17.0 Å². The van der Waals surface area contributed by atoms with Gasteiger partial charge in [-0.25, -0.2) is 4.39 Å². The Bertz CT molecular complexity index is 535. The second-order valence-electron chi connectivity index (χ2n) is 7.08. The first-order valence-corrected chi connectivity index (χ1v) is 8.54. The van der Waals surface area contributed by atoms with E-state index in [0.29, 0.717) is 13.1 Å². The first-order valence-electron chi connectivity index (χ1n) is 8.54. The highest BCUT2D eigenvalue weighted by molar-refractivity contribution is 5.87. The van der Waals surface area contributed by atoms with Crippen LogP contribution in [0.4, 0.5) is 4.39 Å². The molecule has 0 bridgehead atoms. The molecule has 4 nitrogen and oxygen atoms in total. The van der Waals surface area contributed by atoms with Crippen molar-refractivity contribution in [2.75, 3.05) is 13.1 Å². The summed E-state index contributed by atoms with van der Waals surface area (Å²) in [5.74, 6) is -0.556. The molecule has 0 heterocycles. The highest BCUT2D eigenvalue weighted by Gasteiger charge is 2.22. The Kier molecular flexibility index (Phi) is 7.89. The van der Waals surface area contributed by atoms with Gasteiger partial charge in [-0.2, -0.15) is 0 Å². The quantitative estimate of drug-likeness (QED) is 0.739. The SMILES string of the molecule is CCCCCN(Cc1ccc(F)cc1)C(=O)CNC(=O)C(C)(C)C. The van der Waals surface area contributed by atoms with Gasteiger partial charge in [-0.15, -0.1) is 0 Å². The monoisotopic (exact) mass is 336 g/mol. The van der Waals surface area contributed by atoms with E-state index in [4.69, 9.17) is 0 Å². The maximum atomic E-state index is 13.0. The molecule has 0 atom stereocenters. The van der Waals surface area contributed by atoms with Gasteiger partial charge < -0.3 is 10.2 Å². The van der Waals surface area contributed by atoms with E-state index in [1.807, 2.05) is 20.8 Å². The third-order valence-corrected chi connectivity index (χ3v) is 3.75. The van der Waals surface area contributed by atoms with Crippen molar-refractivity contribution in [2.45, 2.75) is 53.5 Å². The Morgan fingerprint density at radius 3 is 2.29 bits per heavy atom. The van der Waals surface area contributed by atoms with Gasteiger partial charge in [0.15, 0.2) is 0 Å². The van der Waals surface area contributed by atoms with E-state index < -0.39 is 5.41 Å². The number of carbonyl (C=O) groups is 2. The summed E-state index contributed by atoms with van der Waals surface area (Å²) >= 11 is 0. The Balaban J connectivity index is 2.67. The van der Waals surface area contributed by atoms with E-state index in [2.05, 4.69) is 12.2 Å². The number of benzene rings is 1. The van der Waals surface area contributed by atoms with Gasteiger partial charge >= 0.3 is 0 Å². The van der Waals surface area contributed by atoms with E-state index in [0.717, 1.165) is 24.8 Å². The van der Waals surface area contributed by atoms with E-state index in [1.165, 1.54) is 12.1 Å². The zero-order valence-corrected chi connectivity index (χ0v) is 15.2. The van der Waals surface area contributed by atoms with Gasteiger partial charge in [0.2, 0.25) is 11.8 Å². The Hall–Kier alpha value is -1.91. The van der Waals surface area contributed by atoms with Gasteiger partial charge in [0, 0.05) is 18.5 Å². The summed E-state index contributed by atoms with van der Waals surface area (Å²) in [5.41, 5.74) is 0.355. The van der Waals surface area contributed by atoms with Crippen molar-refractivity contribution in [2.24, 2.45) is 5.41 Å². The van der Waals surface area contributed by atoms with Crippen LogP contribution in [0, 0.1) is 11.2 Å². The molecule has 0 aromatic heterocycles. The van der Waals surface area contributed by atoms with Crippen LogP contribution in [0.25, 0.3) is 0 Å². The van der Waals surface area contributed by atoms with Crippen LogP contribution in [0.15, 0.2) is 24.3 Å². The van der Waals surface area contributed by atoms with Crippen LogP contribution < -0.4 is 5.32 Å². The molecule has 0 fully saturated rings. The summed E-state index contributed by atoms with van der Waals surface area (Å²) < 4.78 is 13.0. The van der Waals surface area contributed by atoms with Crippen LogP contribution in [0.3, 0.4) is 0 Å². The van der Waals surface area contributed by atoms with Crippen molar-refractivity contribution in [1.29, 1.82) is 0 Å². The fraction of sp³-hybridized carbons (Fsp3) is 0.579. The normalized spacial score (nSPS) is 11.2. The molecule has 0 saturated heterocycles. The number of hydrogen-bond donors (Lipinski definition) is 1. The lowest BCUT2D eigenvalue weighted by Crippen LogP contribution is -2.43. The van der Waals surface area contributed by atoms with Gasteiger partial charge in [0.1, 0.15) is 5.82 Å². The number of hydrogen-bond acceptors (Lipinski definition) is 2. The molecule has 0 aliphatic heterocycles. The molecule has 1 rings (SSSR count). The van der Waals surface area contributed by atoms with Crippen molar-refractivity contribution in [3.05, 3.63) is 35.6 Å². The predicted octanol–water partition coefficient (Wildman–Crippen LogP) is 3.51. The van der Waals surface area contributed by atoms with Gasteiger partial charge in [0.05, 0.1) is 6.54 Å². The highest BCUT2D eigenvalue weighted by Crippen LogP contribution is 2.13. The second kappa shape index (κ2) is 9.40. The lowest BCUT2D eigenvalue weighted by atomic mass is 9.96. The fourth-order valence-electron chi connectivity index (χ4n) is 2.19. The minimum absolute atomic E-state index is 0.0105. The molecule has 0 radical (unpaired) electrons. The minimum Gasteiger partial charge on any atom is -0.347 e. The molecule has 0 saturated carbocycles. The molecule has 1 aromatic rings. The number of nitrogens with zero attached hydrogens (tertiary/aromatic N) is 1. The molecule has 1 aromatic carbocycles. The first-order chi connectivity index (χ1) is 11.2. The van der Waals surface area contributed by atoms with E-state index in [9.17, 15) is 14.0 Å². The van der Waals surface area contributed by atoms with Gasteiger partial charge in [-0.3, -0.25) is 9.59 Å². The van der Waals surface area contributed by atoms with E-state index >= 15 is 0 Å². The third-order valence-electron chi connectivity index (χ3n) is 3.75. The van der Waals surface area contributed by atoms with Crippen molar-refractivity contribution in [1.82, 2.24) is 10.2 Å². The molecule has 5 heteroatoms. The zero-order chi connectivity index (χ0) is 18.2. The number of carbonyl (C=O) groups excluding carboxylic acids is 2. The molecule has 2 amide bonds. The van der Waals surface area contributed by atoms with Crippen LogP contribution in [0.2, 0.25) is 0 Å². The Morgan fingerprint density at radius 2 is 1.75 bits per heavy atom. The topological polar surface area (TPSA) is 49.4 Å². The second-order valence-corrected chi connectivity index (χ2v) is 7.08. The Labute approximate surface area is 144 Å². The van der Waals surface area contributed by atoms with Gasteiger partial charge in [0.25, 0.3) is 0 Å². The minimum atomic E-state index is -0.524. The molecule has 134 valence electrons. The van der Waals surface area contributed by atoms with Crippen molar-refractivity contribution >= 4 is 11.8 Å². The third kappa shape index (κ3) is 7.11. The summed E-state index contributed by atoms with van der Waals surface area (Å²) in [5, 5.41) is 2.70. The highest BCUT2D eigenvalue weighted by atomic mass is 19.1. The number of nitrogens with one attached hydrogen (secondary N) is 1.